The minimum atomic E-state index is -0.415. The van der Waals surface area contributed by atoms with Gasteiger partial charge in [-0.1, -0.05) is 45.7 Å². The Hall–Kier alpha value is -1.76. The van der Waals surface area contributed by atoms with Gasteiger partial charge in [-0.05, 0) is 24.3 Å². The number of aromatic nitrogens is 1. The summed E-state index contributed by atoms with van der Waals surface area (Å²) >= 11 is 10.9. The summed E-state index contributed by atoms with van der Waals surface area (Å²) in [6, 6.07) is 12.4. The average molecular weight is 425 g/mol. The van der Waals surface area contributed by atoms with E-state index in [1.54, 1.807) is 23.9 Å². The first kappa shape index (κ1) is 17.1. The Kier molecular flexibility index (Phi) is 5.28. The highest BCUT2D eigenvalue weighted by atomic mass is 79.9. The Morgan fingerprint density at radius 3 is 2.62 bits per heavy atom. The number of benzene rings is 2. The van der Waals surface area contributed by atoms with Crippen LogP contribution in [0.15, 0.2) is 62.4 Å². The molecule has 1 heterocycles. The molecule has 0 aliphatic carbocycles. The summed E-state index contributed by atoms with van der Waals surface area (Å²) < 4.78 is 16.6. The van der Waals surface area contributed by atoms with Gasteiger partial charge in [-0.3, -0.25) is 4.99 Å². The second-order valence-corrected chi connectivity index (χ2v) is 6.99. The standard InChI is InChI=1S/C17H12BrClFN3S/c1-21-17-23(22-9-13-14(19)3-2-4-15(13)20)16(10-24-17)11-5-7-12(18)8-6-11/h2-10H,1H3. The lowest BCUT2D eigenvalue weighted by atomic mass is 10.2. The van der Waals surface area contributed by atoms with Crippen LogP contribution in [0.3, 0.4) is 0 Å². The van der Waals surface area contributed by atoms with Crippen molar-refractivity contribution in [2.45, 2.75) is 0 Å². The van der Waals surface area contributed by atoms with E-state index in [1.165, 1.54) is 23.6 Å². The Morgan fingerprint density at radius 1 is 1.21 bits per heavy atom. The first-order chi connectivity index (χ1) is 11.6. The molecule has 0 N–H and O–H groups in total. The first-order valence-corrected chi connectivity index (χ1v) is 9.03. The van der Waals surface area contributed by atoms with Gasteiger partial charge in [0.15, 0.2) is 0 Å². The molecule has 0 spiro atoms. The minimum absolute atomic E-state index is 0.252. The van der Waals surface area contributed by atoms with E-state index >= 15 is 0 Å². The molecule has 0 bridgehead atoms. The lowest BCUT2D eigenvalue weighted by molar-refractivity contribution is 0.625. The molecular weight excluding hydrogens is 413 g/mol. The van der Waals surface area contributed by atoms with Crippen LogP contribution in [0.4, 0.5) is 4.39 Å². The highest BCUT2D eigenvalue weighted by Crippen LogP contribution is 2.23. The number of thiazole rings is 1. The third kappa shape index (κ3) is 3.50. The van der Waals surface area contributed by atoms with Gasteiger partial charge in [0, 0.05) is 28.0 Å². The van der Waals surface area contributed by atoms with Crippen molar-refractivity contribution in [3.8, 4) is 11.3 Å². The van der Waals surface area contributed by atoms with Crippen LogP contribution in [0, 0.1) is 5.82 Å². The van der Waals surface area contributed by atoms with E-state index in [2.05, 4.69) is 26.0 Å². The van der Waals surface area contributed by atoms with Crippen LogP contribution in [0.2, 0.25) is 5.02 Å². The summed E-state index contributed by atoms with van der Waals surface area (Å²) in [6.45, 7) is 0. The van der Waals surface area contributed by atoms with Crippen LogP contribution in [0.1, 0.15) is 5.56 Å². The lowest BCUT2D eigenvalue weighted by Crippen LogP contribution is -2.11. The fourth-order valence-electron chi connectivity index (χ4n) is 2.13. The topological polar surface area (TPSA) is 29.6 Å². The van der Waals surface area contributed by atoms with Crippen molar-refractivity contribution >= 4 is 45.1 Å². The Labute approximate surface area is 155 Å². The Balaban J connectivity index is 2.09. The number of nitrogens with zero attached hydrogens (tertiary/aromatic N) is 3. The predicted octanol–water partition coefficient (Wildman–Crippen LogP) is 5.18. The van der Waals surface area contributed by atoms with Crippen molar-refractivity contribution in [2.75, 3.05) is 7.05 Å². The summed E-state index contributed by atoms with van der Waals surface area (Å²) in [7, 11) is 1.69. The fourth-order valence-corrected chi connectivity index (χ4v) is 3.41. The van der Waals surface area contributed by atoms with Crippen LogP contribution in [-0.2, 0) is 0 Å². The Bertz CT molecular complexity index is 940. The third-order valence-corrected chi connectivity index (χ3v) is 5.08. The van der Waals surface area contributed by atoms with E-state index in [0.717, 1.165) is 15.7 Å². The SMILES string of the molecule is CN=c1scc(-c2ccc(Br)cc2)n1N=Cc1c(F)cccc1Cl. The molecule has 0 saturated carbocycles. The lowest BCUT2D eigenvalue weighted by Gasteiger charge is -2.04. The summed E-state index contributed by atoms with van der Waals surface area (Å²) in [5, 5.41) is 6.68. The van der Waals surface area contributed by atoms with E-state index < -0.39 is 5.82 Å². The molecule has 0 atom stereocenters. The van der Waals surface area contributed by atoms with Crippen LogP contribution >= 0.6 is 38.9 Å². The Morgan fingerprint density at radius 2 is 1.96 bits per heavy atom. The molecule has 0 radical (unpaired) electrons. The number of halogens is 3. The number of hydrogen-bond acceptors (Lipinski definition) is 3. The molecule has 7 heteroatoms. The maximum Gasteiger partial charge on any atom is 0.205 e. The van der Waals surface area contributed by atoms with Gasteiger partial charge in [-0.15, -0.1) is 11.3 Å². The zero-order valence-corrected chi connectivity index (χ0v) is 15.7. The van der Waals surface area contributed by atoms with E-state index in [9.17, 15) is 4.39 Å². The molecule has 3 rings (SSSR count). The van der Waals surface area contributed by atoms with Gasteiger partial charge in [0.2, 0.25) is 4.80 Å². The van der Waals surface area contributed by atoms with Crippen molar-refractivity contribution in [1.29, 1.82) is 0 Å². The average Bonchev–Trinajstić information content (AvgIpc) is 2.98. The summed E-state index contributed by atoms with van der Waals surface area (Å²) in [5.74, 6) is -0.415. The molecule has 24 heavy (non-hydrogen) atoms. The van der Waals surface area contributed by atoms with Crippen molar-refractivity contribution < 1.29 is 4.39 Å². The molecule has 0 aliphatic heterocycles. The van der Waals surface area contributed by atoms with Crippen molar-refractivity contribution in [2.24, 2.45) is 10.1 Å². The highest BCUT2D eigenvalue weighted by Gasteiger charge is 2.08. The molecule has 3 aromatic rings. The van der Waals surface area contributed by atoms with E-state index in [-0.39, 0.29) is 5.56 Å². The predicted molar refractivity (Wildman–Crippen MR) is 101 cm³/mol. The van der Waals surface area contributed by atoms with Gasteiger partial charge in [0.1, 0.15) is 5.82 Å². The maximum absolute atomic E-state index is 13.9. The maximum atomic E-state index is 13.9. The van der Waals surface area contributed by atoms with Crippen LogP contribution < -0.4 is 4.80 Å². The zero-order chi connectivity index (χ0) is 17.1. The van der Waals surface area contributed by atoms with Gasteiger partial charge < -0.3 is 0 Å². The molecule has 0 saturated heterocycles. The van der Waals surface area contributed by atoms with E-state index in [1.807, 2.05) is 29.6 Å². The van der Waals surface area contributed by atoms with Gasteiger partial charge in [0.05, 0.1) is 16.9 Å². The molecule has 0 aliphatic rings. The molecule has 122 valence electrons. The highest BCUT2D eigenvalue weighted by molar-refractivity contribution is 9.10. The summed E-state index contributed by atoms with van der Waals surface area (Å²) in [5.41, 5.74) is 2.11. The second kappa shape index (κ2) is 7.42. The van der Waals surface area contributed by atoms with Gasteiger partial charge >= 0.3 is 0 Å². The van der Waals surface area contributed by atoms with Crippen molar-refractivity contribution in [1.82, 2.24) is 4.68 Å². The molecule has 0 fully saturated rings. The molecule has 3 nitrogen and oxygen atoms in total. The monoisotopic (exact) mass is 423 g/mol. The fraction of sp³-hybridized carbons (Fsp3) is 0.0588. The third-order valence-electron chi connectivity index (χ3n) is 3.32. The van der Waals surface area contributed by atoms with Gasteiger partial charge in [-0.2, -0.15) is 5.10 Å². The molecular formula is C17H12BrClFN3S. The summed E-state index contributed by atoms with van der Waals surface area (Å²) in [4.78, 5) is 4.93. The van der Waals surface area contributed by atoms with E-state index in [4.69, 9.17) is 11.6 Å². The smallest absolute Gasteiger partial charge is 0.205 e. The molecule has 0 amide bonds. The quantitative estimate of drug-likeness (QED) is 0.518. The first-order valence-electron chi connectivity index (χ1n) is 6.98. The largest absolute Gasteiger partial charge is 0.261 e. The van der Waals surface area contributed by atoms with Crippen LogP contribution in [0.25, 0.3) is 11.3 Å². The van der Waals surface area contributed by atoms with Crippen molar-refractivity contribution in [3.05, 3.63) is 73.5 Å². The number of hydrogen-bond donors (Lipinski definition) is 0. The zero-order valence-electron chi connectivity index (χ0n) is 12.6. The minimum Gasteiger partial charge on any atom is -0.261 e. The van der Waals surface area contributed by atoms with E-state index in [0.29, 0.717) is 9.82 Å². The molecule has 1 aromatic heterocycles. The van der Waals surface area contributed by atoms with Gasteiger partial charge in [0.25, 0.3) is 0 Å². The number of rotatable bonds is 3. The summed E-state index contributed by atoms with van der Waals surface area (Å²) in [6.07, 6.45) is 1.42. The van der Waals surface area contributed by atoms with Crippen LogP contribution in [0.5, 0.6) is 0 Å². The normalized spacial score (nSPS) is 12.2. The van der Waals surface area contributed by atoms with Gasteiger partial charge in [-0.25, -0.2) is 9.07 Å². The van der Waals surface area contributed by atoms with Crippen molar-refractivity contribution in [3.63, 3.8) is 0 Å². The molecule has 2 aromatic carbocycles. The van der Waals surface area contributed by atoms with Crippen LogP contribution in [-0.4, -0.2) is 17.9 Å². The molecule has 0 unspecified atom stereocenters. The second-order valence-electron chi connectivity index (χ2n) is 4.83.